The van der Waals surface area contributed by atoms with E-state index in [0.29, 0.717) is 28.5 Å². The van der Waals surface area contributed by atoms with Crippen molar-refractivity contribution < 1.29 is 17.6 Å². The number of oxazole rings is 1. The van der Waals surface area contributed by atoms with E-state index < -0.39 is 10.0 Å². The second-order valence-corrected chi connectivity index (χ2v) is 9.09. The van der Waals surface area contributed by atoms with Crippen LogP contribution in [0.25, 0.3) is 22.8 Å². The molecule has 9 heteroatoms. The highest BCUT2D eigenvalue weighted by molar-refractivity contribution is 9.10. The third-order valence-corrected chi connectivity index (χ3v) is 5.88. The summed E-state index contributed by atoms with van der Waals surface area (Å²) in [6, 6.07) is 20.1. The fraction of sp³-hybridized carbons (Fsp3) is 0. The SMILES string of the molecule is NS(=O)(=O)c1ccc(NC(=O)c2ccccc2-c2ncc(-c3cccc(Br)c3)o2)cc1. The quantitative estimate of drug-likeness (QED) is 0.415. The molecule has 1 aromatic heterocycles. The molecule has 0 atom stereocenters. The number of amides is 1. The van der Waals surface area contributed by atoms with Crippen molar-refractivity contribution in [2.24, 2.45) is 5.14 Å². The lowest BCUT2D eigenvalue weighted by Crippen LogP contribution is -2.14. The molecule has 3 N–H and O–H groups in total. The molecule has 0 saturated carbocycles. The maximum absolute atomic E-state index is 12.9. The summed E-state index contributed by atoms with van der Waals surface area (Å²) in [4.78, 5) is 17.2. The third kappa shape index (κ3) is 4.74. The van der Waals surface area contributed by atoms with Crippen molar-refractivity contribution in [3.05, 3.63) is 89.0 Å². The molecule has 0 aliphatic carbocycles. The molecular formula is C22H16BrN3O4S. The highest BCUT2D eigenvalue weighted by atomic mass is 79.9. The molecule has 0 aliphatic heterocycles. The monoisotopic (exact) mass is 497 g/mol. The van der Waals surface area contributed by atoms with Crippen LogP contribution < -0.4 is 10.5 Å². The van der Waals surface area contributed by atoms with Gasteiger partial charge >= 0.3 is 0 Å². The van der Waals surface area contributed by atoms with Gasteiger partial charge in [-0.1, -0.05) is 40.2 Å². The molecule has 1 amide bonds. The Morgan fingerprint density at radius 1 is 1.00 bits per heavy atom. The summed E-state index contributed by atoms with van der Waals surface area (Å²) in [7, 11) is -3.80. The number of hydrogen-bond donors (Lipinski definition) is 2. The molecule has 0 unspecified atom stereocenters. The first-order valence-electron chi connectivity index (χ1n) is 9.07. The summed E-state index contributed by atoms with van der Waals surface area (Å²) >= 11 is 3.43. The fourth-order valence-electron chi connectivity index (χ4n) is 2.97. The maximum atomic E-state index is 12.9. The van der Waals surface area contributed by atoms with Gasteiger partial charge in [0.15, 0.2) is 5.76 Å². The highest BCUT2D eigenvalue weighted by Gasteiger charge is 2.17. The molecule has 0 fully saturated rings. The normalized spacial score (nSPS) is 11.3. The van der Waals surface area contributed by atoms with Crippen LogP contribution in [0.15, 0.2) is 92.8 Å². The van der Waals surface area contributed by atoms with Gasteiger partial charge < -0.3 is 9.73 Å². The van der Waals surface area contributed by atoms with Gasteiger partial charge in [0.05, 0.1) is 16.7 Å². The van der Waals surface area contributed by atoms with E-state index in [2.05, 4.69) is 26.2 Å². The van der Waals surface area contributed by atoms with E-state index in [1.807, 2.05) is 24.3 Å². The fourth-order valence-corrected chi connectivity index (χ4v) is 3.88. The number of rotatable bonds is 5. The molecule has 1 heterocycles. The van der Waals surface area contributed by atoms with E-state index in [0.717, 1.165) is 10.0 Å². The van der Waals surface area contributed by atoms with Crippen molar-refractivity contribution in [1.29, 1.82) is 0 Å². The third-order valence-electron chi connectivity index (χ3n) is 4.46. The van der Waals surface area contributed by atoms with Gasteiger partial charge in [-0.2, -0.15) is 0 Å². The van der Waals surface area contributed by atoms with Crippen LogP contribution >= 0.6 is 15.9 Å². The standard InChI is InChI=1S/C22H16BrN3O4S/c23-15-5-3-4-14(12-15)20-13-25-22(30-20)19-7-2-1-6-18(19)21(27)26-16-8-10-17(11-9-16)31(24,28)29/h1-13H,(H,26,27)(H2,24,28,29). The second-order valence-electron chi connectivity index (χ2n) is 6.61. The van der Waals surface area contributed by atoms with Gasteiger partial charge in [0, 0.05) is 21.3 Å². The van der Waals surface area contributed by atoms with E-state index >= 15 is 0 Å². The topological polar surface area (TPSA) is 115 Å². The number of sulfonamides is 1. The second kappa shape index (κ2) is 8.46. The highest BCUT2D eigenvalue weighted by Crippen LogP contribution is 2.30. The Bertz CT molecular complexity index is 1370. The average Bonchev–Trinajstić information content (AvgIpc) is 3.24. The predicted molar refractivity (Wildman–Crippen MR) is 121 cm³/mol. The van der Waals surface area contributed by atoms with Crippen LogP contribution in [0.5, 0.6) is 0 Å². The van der Waals surface area contributed by atoms with Gasteiger partial charge in [0.1, 0.15) is 0 Å². The maximum Gasteiger partial charge on any atom is 0.256 e. The van der Waals surface area contributed by atoms with Crippen LogP contribution in [0.3, 0.4) is 0 Å². The Balaban J connectivity index is 1.61. The van der Waals surface area contributed by atoms with Gasteiger partial charge in [-0.05, 0) is 48.5 Å². The number of nitrogens with one attached hydrogen (secondary N) is 1. The lowest BCUT2D eigenvalue weighted by Gasteiger charge is -2.09. The summed E-state index contributed by atoms with van der Waals surface area (Å²) in [6.07, 6.45) is 1.61. The van der Waals surface area contributed by atoms with Crippen LogP contribution in [-0.4, -0.2) is 19.3 Å². The molecule has 7 nitrogen and oxygen atoms in total. The number of carbonyl (C=O) groups excluding carboxylic acids is 1. The smallest absolute Gasteiger partial charge is 0.256 e. The van der Waals surface area contributed by atoms with Crippen LogP contribution in [0.2, 0.25) is 0 Å². The summed E-state index contributed by atoms with van der Waals surface area (Å²) < 4.78 is 29.6. The van der Waals surface area contributed by atoms with E-state index in [4.69, 9.17) is 9.56 Å². The molecule has 0 radical (unpaired) electrons. The number of halogens is 1. The van der Waals surface area contributed by atoms with Crippen LogP contribution in [0, 0.1) is 0 Å². The Hall–Kier alpha value is -3.27. The Kier molecular flexibility index (Phi) is 5.73. The van der Waals surface area contributed by atoms with Crippen molar-refractivity contribution in [3.8, 4) is 22.8 Å². The largest absolute Gasteiger partial charge is 0.436 e. The molecule has 31 heavy (non-hydrogen) atoms. The minimum Gasteiger partial charge on any atom is -0.436 e. The zero-order chi connectivity index (χ0) is 22.0. The zero-order valence-electron chi connectivity index (χ0n) is 15.9. The van der Waals surface area contributed by atoms with E-state index in [1.54, 1.807) is 30.5 Å². The van der Waals surface area contributed by atoms with Crippen LogP contribution in [0.1, 0.15) is 10.4 Å². The molecule has 0 spiro atoms. The molecule has 3 aromatic carbocycles. The molecule has 0 bridgehead atoms. The van der Waals surface area contributed by atoms with Gasteiger partial charge in [-0.25, -0.2) is 18.5 Å². The van der Waals surface area contributed by atoms with Crippen LogP contribution in [0.4, 0.5) is 5.69 Å². The van der Waals surface area contributed by atoms with Crippen LogP contribution in [-0.2, 0) is 10.0 Å². The minimum atomic E-state index is -3.80. The average molecular weight is 498 g/mol. The van der Waals surface area contributed by atoms with Gasteiger partial charge in [-0.15, -0.1) is 0 Å². The minimum absolute atomic E-state index is 0.0363. The van der Waals surface area contributed by atoms with E-state index in [-0.39, 0.29) is 10.8 Å². The first kappa shape index (κ1) is 21.0. The molecule has 4 aromatic rings. The first-order valence-corrected chi connectivity index (χ1v) is 11.4. The van der Waals surface area contributed by atoms with Crippen molar-refractivity contribution in [2.75, 3.05) is 5.32 Å². The molecule has 156 valence electrons. The van der Waals surface area contributed by atoms with Crippen molar-refractivity contribution in [2.45, 2.75) is 4.90 Å². The number of primary sulfonamides is 1. The van der Waals surface area contributed by atoms with Crippen molar-refractivity contribution in [3.63, 3.8) is 0 Å². The summed E-state index contributed by atoms with van der Waals surface area (Å²) in [6.45, 7) is 0. The number of carbonyl (C=O) groups is 1. The van der Waals surface area contributed by atoms with Gasteiger partial charge in [0.25, 0.3) is 5.91 Å². The summed E-state index contributed by atoms with van der Waals surface area (Å²) in [5.41, 5.74) is 2.17. The Labute approximate surface area is 187 Å². The van der Waals surface area contributed by atoms with Crippen molar-refractivity contribution in [1.82, 2.24) is 4.98 Å². The number of nitrogens with two attached hydrogens (primary N) is 1. The number of anilines is 1. The predicted octanol–water partition coefficient (Wildman–Crippen LogP) is 4.67. The molecule has 0 aliphatic rings. The summed E-state index contributed by atoms with van der Waals surface area (Å²) in [5, 5.41) is 7.84. The van der Waals surface area contributed by atoms with E-state index in [1.165, 1.54) is 24.3 Å². The van der Waals surface area contributed by atoms with Gasteiger partial charge in [0.2, 0.25) is 15.9 Å². The number of nitrogens with zero attached hydrogens (tertiary/aromatic N) is 1. The number of hydrogen-bond acceptors (Lipinski definition) is 5. The lowest BCUT2D eigenvalue weighted by molar-refractivity contribution is 0.102. The van der Waals surface area contributed by atoms with E-state index in [9.17, 15) is 13.2 Å². The first-order chi connectivity index (χ1) is 14.8. The molecule has 4 rings (SSSR count). The number of benzene rings is 3. The number of aromatic nitrogens is 1. The van der Waals surface area contributed by atoms with Crippen molar-refractivity contribution >= 4 is 37.5 Å². The van der Waals surface area contributed by atoms with Gasteiger partial charge in [-0.3, -0.25) is 4.79 Å². The zero-order valence-corrected chi connectivity index (χ0v) is 18.4. The Morgan fingerprint density at radius 3 is 2.45 bits per heavy atom. The Morgan fingerprint density at radius 2 is 1.74 bits per heavy atom. The molecule has 0 saturated heterocycles. The molecular weight excluding hydrogens is 482 g/mol. The summed E-state index contributed by atoms with van der Waals surface area (Å²) in [5.74, 6) is 0.497. The lowest BCUT2D eigenvalue weighted by atomic mass is 10.1.